The summed E-state index contributed by atoms with van der Waals surface area (Å²) in [6.07, 6.45) is 6.32. The first-order valence-corrected chi connectivity index (χ1v) is 18.0. The van der Waals surface area contributed by atoms with Crippen molar-refractivity contribution in [2.75, 3.05) is 24.6 Å². The quantitative estimate of drug-likeness (QED) is 0.161. The molecule has 4 aromatic heterocycles. The number of hydrogen-bond donors (Lipinski definition) is 0. The Labute approximate surface area is 249 Å². The Morgan fingerprint density at radius 2 is 2.00 bits per heavy atom. The fourth-order valence-corrected chi connectivity index (χ4v) is 6.12. The van der Waals surface area contributed by atoms with Crippen LogP contribution in [0.25, 0.3) is 22.3 Å². The standard InChI is InChI=1S/C29H34F2N10OSi/c1-43(2,3)11-10-42-19-40-9-6-23-27(35-18-36-28(23)40)21-14-37-41(17-21)25(4-7-32)20-5-8-39(16-20)29-24(13-33)38-22(15-34-29)12-26(30)31/h6,9,14-15,17-18,20,25-26H,4-5,8,10-12,16,19H2,1-3H3/t20-,25-/m0/s1. The second-order valence-electron chi connectivity index (χ2n) is 12.0. The molecule has 11 nitrogen and oxygen atoms in total. The predicted molar refractivity (Wildman–Crippen MR) is 159 cm³/mol. The Balaban J connectivity index is 1.32. The third-order valence-corrected chi connectivity index (χ3v) is 9.34. The molecule has 0 unspecified atom stereocenters. The second kappa shape index (κ2) is 12.9. The summed E-state index contributed by atoms with van der Waals surface area (Å²) in [7, 11) is -1.18. The number of alkyl halides is 2. The highest BCUT2D eigenvalue weighted by Crippen LogP contribution is 2.34. The molecule has 0 N–H and O–H groups in total. The predicted octanol–water partition coefficient (Wildman–Crippen LogP) is 5.06. The Morgan fingerprint density at radius 1 is 1.16 bits per heavy atom. The number of anilines is 1. The molecule has 1 saturated heterocycles. The minimum atomic E-state index is -2.56. The van der Waals surface area contributed by atoms with Crippen LogP contribution in [0.4, 0.5) is 14.6 Å². The van der Waals surface area contributed by atoms with Gasteiger partial charge in [-0.05, 0) is 18.5 Å². The summed E-state index contributed by atoms with van der Waals surface area (Å²) in [6, 6.07) is 7.13. The molecule has 1 fully saturated rings. The van der Waals surface area contributed by atoms with Crippen molar-refractivity contribution >= 4 is 24.9 Å². The van der Waals surface area contributed by atoms with E-state index >= 15 is 0 Å². The van der Waals surface area contributed by atoms with Gasteiger partial charge < -0.3 is 14.2 Å². The highest BCUT2D eigenvalue weighted by molar-refractivity contribution is 6.76. The molecule has 43 heavy (non-hydrogen) atoms. The Bertz CT molecular complexity index is 1650. The van der Waals surface area contributed by atoms with Crippen molar-refractivity contribution in [2.24, 2.45) is 5.92 Å². The van der Waals surface area contributed by atoms with E-state index in [1.54, 1.807) is 6.20 Å². The van der Waals surface area contributed by atoms with E-state index in [1.165, 1.54) is 12.5 Å². The van der Waals surface area contributed by atoms with Gasteiger partial charge in [-0.2, -0.15) is 15.6 Å². The Morgan fingerprint density at radius 3 is 2.74 bits per heavy atom. The highest BCUT2D eigenvalue weighted by atomic mass is 28.3. The fraction of sp³-hybridized carbons (Fsp3) is 0.483. The van der Waals surface area contributed by atoms with Crippen molar-refractivity contribution < 1.29 is 13.5 Å². The number of hydrogen-bond acceptors (Lipinski definition) is 9. The van der Waals surface area contributed by atoms with Crippen LogP contribution in [0.3, 0.4) is 0 Å². The third-order valence-electron chi connectivity index (χ3n) is 7.64. The fourth-order valence-electron chi connectivity index (χ4n) is 5.37. The van der Waals surface area contributed by atoms with Crippen LogP contribution in [0.15, 0.2) is 37.2 Å². The molecule has 0 amide bonds. The second-order valence-corrected chi connectivity index (χ2v) is 17.6. The molecule has 0 spiro atoms. The molecule has 14 heteroatoms. The number of rotatable bonds is 12. The number of halogens is 2. The van der Waals surface area contributed by atoms with Crippen molar-refractivity contribution in [3.05, 3.63) is 48.6 Å². The number of nitriles is 2. The molecule has 0 aliphatic carbocycles. The van der Waals surface area contributed by atoms with Crippen molar-refractivity contribution in [1.29, 1.82) is 10.5 Å². The monoisotopic (exact) mass is 604 g/mol. The van der Waals surface area contributed by atoms with Crippen LogP contribution in [0, 0.1) is 28.6 Å². The summed E-state index contributed by atoms with van der Waals surface area (Å²) < 4.78 is 35.3. The topological polar surface area (TPSA) is 134 Å². The van der Waals surface area contributed by atoms with E-state index in [1.807, 2.05) is 38.7 Å². The summed E-state index contributed by atoms with van der Waals surface area (Å²) in [5.74, 6) is 0.415. The van der Waals surface area contributed by atoms with Gasteiger partial charge in [0.1, 0.15) is 24.8 Å². The number of aromatic nitrogens is 7. The van der Waals surface area contributed by atoms with Gasteiger partial charge in [-0.25, -0.2) is 28.7 Å². The van der Waals surface area contributed by atoms with Crippen molar-refractivity contribution in [3.63, 3.8) is 0 Å². The van der Waals surface area contributed by atoms with E-state index in [-0.39, 0.29) is 29.8 Å². The van der Waals surface area contributed by atoms with E-state index in [0.717, 1.165) is 34.8 Å². The van der Waals surface area contributed by atoms with Crippen LogP contribution < -0.4 is 4.90 Å². The van der Waals surface area contributed by atoms with Crippen LogP contribution in [0.5, 0.6) is 0 Å². The highest BCUT2D eigenvalue weighted by Gasteiger charge is 2.33. The lowest BCUT2D eigenvalue weighted by atomic mass is 9.96. The smallest absolute Gasteiger partial charge is 0.244 e. The van der Waals surface area contributed by atoms with E-state index in [4.69, 9.17) is 4.74 Å². The number of nitrogens with zero attached hydrogens (tertiary/aromatic N) is 10. The maximum atomic E-state index is 12.8. The lowest BCUT2D eigenvalue weighted by Gasteiger charge is -2.23. The van der Waals surface area contributed by atoms with Crippen molar-refractivity contribution in [2.45, 2.75) is 64.1 Å². The SMILES string of the molecule is C[Si](C)(C)CCOCn1ccc2c(-c3cnn([C@@H](CC#N)[C@H]4CCN(c5ncc(CC(F)F)nc5C#N)C4)c3)ncnc21. The minimum Gasteiger partial charge on any atom is -0.361 e. The molecule has 5 rings (SSSR count). The van der Waals surface area contributed by atoms with Crippen LogP contribution in [-0.4, -0.2) is 68.5 Å². The molecule has 0 aromatic carbocycles. The largest absolute Gasteiger partial charge is 0.361 e. The maximum Gasteiger partial charge on any atom is 0.244 e. The zero-order chi connectivity index (χ0) is 30.6. The summed E-state index contributed by atoms with van der Waals surface area (Å²) in [6.45, 7) is 9.22. The van der Waals surface area contributed by atoms with Gasteiger partial charge in [-0.1, -0.05) is 19.6 Å². The molecule has 0 radical (unpaired) electrons. The van der Waals surface area contributed by atoms with E-state index in [0.29, 0.717) is 32.2 Å². The van der Waals surface area contributed by atoms with Crippen LogP contribution in [0.1, 0.15) is 30.3 Å². The average Bonchev–Trinajstić information content (AvgIpc) is 3.73. The van der Waals surface area contributed by atoms with Gasteiger partial charge in [-0.3, -0.25) is 4.68 Å². The maximum absolute atomic E-state index is 12.8. The molecule has 0 bridgehead atoms. The molecule has 4 aromatic rings. The van der Waals surface area contributed by atoms with Gasteiger partial charge in [-0.15, -0.1) is 0 Å². The molecular formula is C29H34F2N10OSi. The minimum absolute atomic E-state index is 0.0261. The van der Waals surface area contributed by atoms with E-state index in [9.17, 15) is 19.3 Å². The molecule has 224 valence electrons. The zero-order valence-corrected chi connectivity index (χ0v) is 25.5. The normalized spacial score (nSPS) is 16.1. The van der Waals surface area contributed by atoms with Gasteiger partial charge in [0, 0.05) is 57.0 Å². The molecule has 1 aliphatic rings. The lowest BCUT2D eigenvalue weighted by Crippen LogP contribution is -2.26. The van der Waals surface area contributed by atoms with Gasteiger partial charge in [0.05, 0.1) is 48.7 Å². The number of ether oxygens (including phenoxy) is 1. The molecule has 0 saturated carbocycles. The number of fused-ring (bicyclic) bond motifs is 1. The third kappa shape index (κ3) is 7.04. The van der Waals surface area contributed by atoms with Gasteiger partial charge in [0.15, 0.2) is 11.5 Å². The lowest BCUT2D eigenvalue weighted by molar-refractivity contribution is 0.0899. The van der Waals surface area contributed by atoms with Crippen LogP contribution in [0.2, 0.25) is 25.7 Å². The molecule has 1 aliphatic heterocycles. The van der Waals surface area contributed by atoms with Crippen LogP contribution in [-0.2, 0) is 17.9 Å². The average molecular weight is 605 g/mol. The molecular weight excluding hydrogens is 570 g/mol. The van der Waals surface area contributed by atoms with Gasteiger partial charge in [0.2, 0.25) is 6.43 Å². The first-order valence-electron chi connectivity index (χ1n) is 14.2. The van der Waals surface area contributed by atoms with Crippen molar-refractivity contribution in [1.82, 2.24) is 34.3 Å². The summed E-state index contributed by atoms with van der Waals surface area (Å²) in [5, 5.41) is 24.8. The summed E-state index contributed by atoms with van der Waals surface area (Å²) in [4.78, 5) is 19.4. The van der Waals surface area contributed by atoms with Gasteiger partial charge in [0.25, 0.3) is 0 Å². The zero-order valence-electron chi connectivity index (χ0n) is 24.5. The first-order chi connectivity index (χ1) is 20.7. The van der Waals surface area contributed by atoms with E-state index < -0.39 is 20.9 Å². The molecule has 5 heterocycles. The summed E-state index contributed by atoms with van der Waals surface area (Å²) in [5.41, 5.74) is 2.45. The molecule has 2 atom stereocenters. The summed E-state index contributed by atoms with van der Waals surface area (Å²) >= 11 is 0. The van der Waals surface area contributed by atoms with Crippen LogP contribution >= 0.6 is 0 Å². The van der Waals surface area contributed by atoms with Crippen molar-refractivity contribution in [3.8, 4) is 23.4 Å². The Hall–Kier alpha value is -4.27. The van der Waals surface area contributed by atoms with E-state index in [2.05, 4.69) is 50.7 Å². The van der Waals surface area contributed by atoms with Gasteiger partial charge >= 0.3 is 0 Å². The Kier molecular flexibility index (Phi) is 9.08. The first kappa shape index (κ1) is 30.2.